The fourth-order valence-electron chi connectivity index (χ4n) is 2.44. The molecule has 0 amide bonds. The van der Waals surface area contributed by atoms with E-state index >= 15 is 0 Å². The predicted molar refractivity (Wildman–Crippen MR) is 73.1 cm³/mol. The summed E-state index contributed by atoms with van der Waals surface area (Å²) in [5, 5.41) is 0. The van der Waals surface area contributed by atoms with Crippen molar-refractivity contribution in [3.05, 3.63) is 29.8 Å². The highest BCUT2D eigenvalue weighted by Gasteiger charge is 2.28. The molecule has 0 N–H and O–H groups in total. The molecule has 1 saturated heterocycles. The minimum Gasteiger partial charge on any atom is -0.207 e. The van der Waals surface area contributed by atoms with Crippen LogP contribution in [-0.4, -0.2) is 25.8 Å². The Bertz CT molecular complexity index is 502. The van der Waals surface area contributed by atoms with Gasteiger partial charge in [0.2, 0.25) is 10.0 Å². The first-order chi connectivity index (χ1) is 8.53. The Morgan fingerprint density at radius 3 is 2.28 bits per heavy atom. The Hall–Kier alpha value is -0.870. The highest BCUT2D eigenvalue weighted by atomic mass is 32.2. The predicted octanol–water partition coefficient (Wildman–Crippen LogP) is 2.98. The van der Waals surface area contributed by atoms with Gasteiger partial charge in [0.05, 0.1) is 4.90 Å². The number of benzene rings is 1. The molecular formula is C14H21NO2S. The summed E-state index contributed by atoms with van der Waals surface area (Å²) in [6, 6.07) is 7.37. The lowest BCUT2D eigenvalue weighted by Gasteiger charge is -2.27. The molecule has 1 fully saturated rings. The van der Waals surface area contributed by atoms with E-state index in [1.807, 2.05) is 32.0 Å². The largest absolute Gasteiger partial charge is 0.243 e. The van der Waals surface area contributed by atoms with Crippen LogP contribution in [0.15, 0.2) is 29.2 Å². The van der Waals surface area contributed by atoms with Crippen molar-refractivity contribution in [2.24, 2.45) is 0 Å². The number of sulfonamides is 1. The highest BCUT2D eigenvalue weighted by Crippen LogP contribution is 2.27. The third-order valence-corrected chi connectivity index (χ3v) is 5.45. The van der Waals surface area contributed by atoms with Gasteiger partial charge in [-0.05, 0) is 30.4 Å². The van der Waals surface area contributed by atoms with Gasteiger partial charge < -0.3 is 0 Å². The molecule has 1 heterocycles. The Labute approximate surface area is 110 Å². The second kappa shape index (κ2) is 5.41. The molecule has 0 atom stereocenters. The van der Waals surface area contributed by atoms with Gasteiger partial charge in [0.1, 0.15) is 0 Å². The van der Waals surface area contributed by atoms with Crippen molar-refractivity contribution >= 4 is 10.0 Å². The molecule has 1 aliphatic rings. The third-order valence-electron chi connectivity index (χ3n) is 3.47. The summed E-state index contributed by atoms with van der Waals surface area (Å²) in [7, 11) is -3.30. The number of hydrogen-bond donors (Lipinski definition) is 0. The Balaban J connectivity index is 2.40. The van der Waals surface area contributed by atoms with Gasteiger partial charge in [-0.2, -0.15) is 4.31 Å². The minimum atomic E-state index is -3.30. The zero-order chi connectivity index (χ0) is 13.2. The molecule has 0 spiro atoms. The molecule has 1 aliphatic heterocycles. The summed E-state index contributed by atoms with van der Waals surface area (Å²) in [6.07, 6.45) is 3.09. The van der Waals surface area contributed by atoms with Gasteiger partial charge in [0.25, 0.3) is 0 Å². The molecule has 1 aromatic carbocycles. The minimum absolute atomic E-state index is 0.223. The van der Waals surface area contributed by atoms with Crippen LogP contribution in [0.4, 0.5) is 0 Å². The third kappa shape index (κ3) is 2.59. The van der Waals surface area contributed by atoms with Crippen LogP contribution in [0.5, 0.6) is 0 Å². The van der Waals surface area contributed by atoms with Crippen molar-refractivity contribution in [1.29, 1.82) is 0 Å². The standard InChI is InChI=1S/C14H21NO2S/c1-12(2)13-8-4-5-9-14(13)18(16,17)15-10-6-3-7-11-15/h4-5,8-9,12H,3,6-7,10-11H2,1-2H3. The summed E-state index contributed by atoms with van der Waals surface area (Å²) in [5.74, 6) is 0.223. The van der Waals surface area contributed by atoms with Crippen LogP contribution in [0.3, 0.4) is 0 Å². The van der Waals surface area contributed by atoms with E-state index in [1.54, 1.807) is 10.4 Å². The van der Waals surface area contributed by atoms with Crippen molar-refractivity contribution in [3.8, 4) is 0 Å². The Kier molecular flexibility index (Phi) is 4.07. The Morgan fingerprint density at radius 2 is 1.67 bits per heavy atom. The fraction of sp³-hybridized carbons (Fsp3) is 0.571. The van der Waals surface area contributed by atoms with E-state index < -0.39 is 10.0 Å². The van der Waals surface area contributed by atoms with Crippen LogP contribution in [0.1, 0.15) is 44.6 Å². The van der Waals surface area contributed by atoms with Crippen molar-refractivity contribution < 1.29 is 8.42 Å². The van der Waals surface area contributed by atoms with Crippen molar-refractivity contribution in [3.63, 3.8) is 0 Å². The van der Waals surface area contributed by atoms with Crippen LogP contribution in [0, 0.1) is 0 Å². The first-order valence-electron chi connectivity index (χ1n) is 6.62. The molecule has 4 heteroatoms. The number of rotatable bonds is 3. The Morgan fingerprint density at radius 1 is 1.06 bits per heavy atom. The second-order valence-electron chi connectivity index (χ2n) is 5.16. The average molecular weight is 267 g/mol. The second-order valence-corrected chi connectivity index (χ2v) is 7.06. The molecule has 1 aromatic rings. The molecule has 0 aromatic heterocycles. The summed E-state index contributed by atoms with van der Waals surface area (Å²) >= 11 is 0. The van der Waals surface area contributed by atoms with E-state index in [4.69, 9.17) is 0 Å². The van der Waals surface area contributed by atoms with Crippen LogP contribution in [0.25, 0.3) is 0 Å². The zero-order valence-corrected chi connectivity index (χ0v) is 11.9. The average Bonchev–Trinajstić information content (AvgIpc) is 2.39. The number of hydrogen-bond acceptors (Lipinski definition) is 2. The van der Waals surface area contributed by atoms with Crippen molar-refractivity contribution in [2.45, 2.75) is 43.9 Å². The number of nitrogens with zero attached hydrogens (tertiary/aromatic N) is 1. The lowest BCUT2D eigenvalue weighted by atomic mass is 10.0. The molecule has 0 radical (unpaired) electrons. The maximum atomic E-state index is 12.6. The van der Waals surface area contributed by atoms with Crippen molar-refractivity contribution in [1.82, 2.24) is 4.31 Å². The lowest BCUT2D eigenvalue weighted by Crippen LogP contribution is -2.36. The van der Waals surface area contributed by atoms with Gasteiger partial charge in [-0.15, -0.1) is 0 Å². The molecule has 3 nitrogen and oxygen atoms in total. The summed E-state index contributed by atoms with van der Waals surface area (Å²) in [5.41, 5.74) is 0.920. The molecule has 0 unspecified atom stereocenters. The van der Waals surface area contributed by atoms with Gasteiger partial charge >= 0.3 is 0 Å². The van der Waals surface area contributed by atoms with E-state index in [0.717, 1.165) is 24.8 Å². The smallest absolute Gasteiger partial charge is 0.207 e. The zero-order valence-electron chi connectivity index (χ0n) is 11.1. The van der Waals surface area contributed by atoms with Gasteiger partial charge in [0.15, 0.2) is 0 Å². The van der Waals surface area contributed by atoms with Crippen LogP contribution >= 0.6 is 0 Å². The molecule has 2 rings (SSSR count). The molecule has 18 heavy (non-hydrogen) atoms. The van der Waals surface area contributed by atoms with Crippen LogP contribution in [0.2, 0.25) is 0 Å². The SMILES string of the molecule is CC(C)c1ccccc1S(=O)(=O)N1CCCCC1. The lowest BCUT2D eigenvalue weighted by molar-refractivity contribution is 0.346. The first kappa shape index (κ1) is 13.6. The van der Waals surface area contributed by atoms with E-state index in [9.17, 15) is 8.42 Å². The summed E-state index contributed by atoms with van der Waals surface area (Å²) < 4.78 is 26.9. The highest BCUT2D eigenvalue weighted by molar-refractivity contribution is 7.89. The van der Waals surface area contributed by atoms with E-state index in [-0.39, 0.29) is 5.92 Å². The normalized spacial score (nSPS) is 18.2. The summed E-state index contributed by atoms with van der Waals surface area (Å²) in [4.78, 5) is 0.488. The summed E-state index contributed by atoms with van der Waals surface area (Å²) in [6.45, 7) is 5.39. The van der Waals surface area contributed by atoms with E-state index in [1.165, 1.54) is 0 Å². The molecule has 100 valence electrons. The molecule has 0 bridgehead atoms. The number of piperidine rings is 1. The van der Waals surface area contributed by atoms with Gasteiger partial charge in [0, 0.05) is 13.1 Å². The topological polar surface area (TPSA) is 37.4 Å². The molecular weight excluding hydrogens is 246 g/mol. The van der Waals surface area contributed by atoms with Gasteiger partial charge in [-0.1, -0.05) is 38.5 Å². The van der Waals surface area contributed by atoms with Gasteiger partial charge in [-0.3, -0.25) is 0 Å². The molecule has 0 saturated carbocycles. The fourth-order valence-corrected chi connectivity index (χ4v) is 4.31. The first-order valence-corrected chi connectivity index (χ1v) is 8.06. The van der Waals surface area contributed by atoms with Crippen LogP contribution in [-0.2, 0) is 10.0 Å². The molecule has 0 aliphatic carbocycles. The van der Waals surface area contributed by atoms with E-state index in [0.29, 0.717) is 18.0 Å². The van der Waals surface area contributed by atoms with E-state index in [2.05, 4.69) is 0 Å². The monoisotopic (exact) mass is 267 g/mol. The quantitative estimate of drug-likeness (QED) is 0.844. The maximum Gasteiger partial charge on any atom is 0.243 e. The van der Waals surface area contributed by atoms with Crippen molar-refractivity contribution in [2.75, 3.05) is 13.1 Å². The van der Waals surface area contributed by atoms with Gasteiger partial charge in [-0.25, -0.2) is 8.42 Å². The van der Waals surface area contributed by atoms with Crippen LogP contribution < -0.4 is 0 Å². The maximum absolute atomic E-state index is 12.6.